The third-order valence-electron chi connectivity index (χ3n) is 1.65. The Morgan fingerprint density at radius 1 is 1.67 bits per heavy atom. The molecule has 1 aliphatic heterocycles. The van der Waals surface area contributed by atoms with Crippen LogP contribution in [-0.4, -0.2) is 42.6 Å². The molecule has 0 spiro atoms. The van der Waals surface area contributed by atoms with E-state index in [2.05, 4.69) is 0 Å². The topological polar surface area (TPSA) is 55.6 Å². The van der Waals surface area contributed by atoms with Crippen molar-refractivity contribution in [2.45, 2.75) is 19.4 Å². The summed E-state index contributed by atoms with van der Waals surface area (Å²) in [6, 6.07) is 0. The standard InChI is InChI=1S/C8H16N2O2/c1-8(2,9)6-10-3-4-12-7(11)5-10/h3-6,9H2,1-2H3. The molecular weight excluding hydrogens is 156 g/mol. The molecule has 1 fully saturated rings. The molecule has 0 aromatic carbocycles. The van der Waals surface area contributed by atoms with Gasteiger partial charge in [0.15, 0.2) is 0 Å². The van der Waals surface area contributed by atoms with Crippen molar-refractivity contribution in [1.29, 1.82) is 0 Å². The summed E-state index contributed by atoms with van der Waals surface area (Å²) in [4.78, 5) is 12.9. The number of nitrogens with two attached hydrogens (primary N) is 1. The molecule has 70 valence electrons. The maximum Gasteiger partial charge on any atom is 0.320 e. The van der Waals surface area contributed by atoms with Crippen LogP contribution in [0.5, 0.6) is 0 Å². The zero-order chi connectivity index (χ0) is 9.19. The number of cyclic esters (lactones) is 1. The van der Waals surface area contributed by atoms with Gasteiger partial charge in [-0.15, -0.1) is 0 Å². The molecule has 1 heterocycles. The number of nitrogens with zero attached hydrogens (tertiary/aromatic N) is 1. The number of esters is 1. The fourth-order valence-corrected chi connectivity index (χ4v) is 1.31. The van der Waals surface area contributed by atoms with Crippen LogP contribution in [0.1, 0.15) is 13.8 Å². The van der Waals surface area contributed by atoms with Gasteiger partial charge in [0.05, 0.1) is 6.54 Å². The van der Waals surface area contributed by atoms with E-state index in [4.69, 9.17) is 10.5 Å². The lowest BCUT2D eigenvalue weighted by atomic mass is 10.1. The third-order valence-corrected chi connectivity index (χ3v) is 1.65. The first-order valence-electron chi connectivity index (χ1n) is 4.14. The maximum atomic E-state index is 10.9. The largest absolute Gasteiger partial charge is 0.463 e. The van der Waals surface area contributed by atoms with Gasteiger partial charge in [-0.3, -0.25) is 9.69 Å². The quantitative estimate of drug-likeness (QED) is 0.575. The zero-order valence-corrected chi connectivity index (χ0v) is 7.67. The Kier molecular flexibility index (Phi) is 2.69. The Labute approximate surface area is 72.7 Å². The van der Waals surface area contributed by atoms with E-state index < -0.39 is 0 Å². The molecule has 1 rings (SSSR count). The second kappa shape index (κ2) is 3.41. The van der Waals surface area contributed by atoms with Crippen LogP contribution in [0.25, 0.3) is 0 Å². The van der Waals surface area contributed by atoms with Crippen molar-refractivity contribution in [2.75, 3.05) is 26.2 Å². The summed E-state index contributed by atoms with van der Waals surface area (Å²) < 4.78 is 4.80. The predicted molar refractivity (Wildman–Crippen MR) is 45.7 cm³/mol. The highest BCUT2D eigenvalue weighted by molar-refractivity contribution is 5.72. The van der Waals surface area contributed by atoms with Crippen molar-refractivity contribution in [3.05, 3.63) is 0 Å². The first-order valence-corrected chi connectivity index (χ1v) is 4.14. The maximum absolute atomic E-state index is 10.9. The molecule has 0 atom stereocenters. The van der Waals surface area contributed by atoms with E-state index in [1.807, 2.05) is 18.7 Å². The Morgan fingerprint density at radius 3 is 2.83 bits per heavy atom. The summed E-state index contributed by atoms with van der Waals surface area (Å²) in [5.41, 5.74) is 5.58. The molecular formula is C8H16N2O2. The number of morpholine rings is 1. The minimum absolute atomic E-state index is 0.148. The number of ether oxygens (including phenoxy) is 1. The highest BCUT2D eigenvalue weighted by Gasteiger charge is 2.22. The van der Waals surface area contributed by atoms with E-state index >= 15 is 0 Å². The van der Waals surface area contributed by atoms with Gasteiger partial charge >= 0.3 is 5.97 Å². The number of hydrogen-bond donors (Lipinski definition) is 1. The van der Waals surface area contributed by atoms with Crippen molar-refractivity contribution in [1.82, 2.24) is 4.90 Å². The summed E-state index contributed by atoms with van der Waals surface area (Å²) in [7, 11) is 0. The van der Waals surface area contributed by atoms with Gasteiger partial charge in [-0.25, -0.2) is 0 Å². The van der Waals surface area contributed by atoms with Gasteiger partial charge in [-0.2, -0.15) is 0 Å². The van der Waals surface area contributed by atoms with Crippen LogP contribution < -0.4 is 5.73 Å². The Balaban J connectivity index is 2.37. The van der Waals surface area contributed by atoms with Gasteiger partial charge < -0.3 is 10.5 Å². The van der Waals surface area contributed by atoms with Crippen molar-refractivity contribution in [3.63, 3.8) is 0 Å². The molecule has 0 aromatic heterocycles. The molecule has 1 saturated heterocycles. The Morgan fingerprint density at radius 2 is 2.33 bits per heavy atom. The first kappa shape index (κ1) is 9.48. The molecule has 0 radical (unpaired) electrons. The molecule has 0 amide bonds. The molecule has 4 nitrogen and oxygen atoms in total. The summed E-state index contributed by atoms with van der Waals surface area (Å²) in [5, 5.41) is 0. The lowest BCUT2D eigenvalue weighted by molar-refractivity contribution is -0.150. The van der Waals surface area contributed by atoms with E-state index in [1.165, 1.54) is 0 Å². The van der Waals surface area contributed by atoms with Crippen molar-refractivity contribution in [3.8, 4) is 0 Å². The average molecular weight is 172 g/mol. The van der Waals surface area contributed by atoms with Crippen LogP contribution in [0.2, 0.25) is 0 Å². The second-order valence-electron chi connectivity index (χ2n) is 3.92. The molecule has 0 aliphatic carbocycles. The van der Waals surface area contributed by atoms with Crippen LogP contribution >= 0.6 is 0 Å². The van der Waals surface area contributed by atoms with Crippen LogP contribution in [0.4, 0.5) is 0 Å². The molecule has 0 aromatic rings. The van der Waals surface area contributed by atoms with Crippen molar-refractivity contribution < 1.29 is 9.53 Å². The van der Waals surface area contributed by atoms with Crippen LogP contribution in [0, 0.1) is 0 Å². The summed E-state index contributed by atoms with van der Waals surface area (Å²) in [5.74, 6) is -0.148. The van der Waals surface area contributed by atoms with Crippen molar-refractivity contribution in [2.24, 2.45) is 5.73 Å². The zero-order valence-electron chi connectivity index (χ0n) is 7.67. The van der Waals surface area contributed by atoms with E-state index in [-0.39, 0.29) is 11.5 Å². The van der Waals surface area contributed by atoms with Gasteiger partial charge in [-0.1, -0.05) is 0 Å². The summed E-state index contributed by atoms with van der Waals surface area (Å²) in [6.45, 7) is 6.31. The number of hydrogen-bond acceptors (Lipinski definition) is 4. The Bertz CT molecular complexity index is 174. The predicted octanol–water partition coefficient (Wildman–Crippen LogP) is -0.417. The second-order valence-corrected chi connectivity index (χ2v) is 3.92. The van der Waals surface area contributed by atoms with E-state index in [1.54, 1.807) is 0 Å². The minimum Gasteiger partial charge on any atom is -0.463 e. The number of carbonyl (C=O) groups is 1. The molecule has 0 bridgehead atoms. The van der Waals surface area contributed by atoms with Crippen LogP contribution in [0.3, 0.4) is 0 Å². The van der Waals surface area contributed by atoms with Gasteiger partial charge in [0.2, 0.25) is 0 Å². The lowest BCUT2D eigenvalue weighted by Gasteiger charge is -2.31. The fourth-order valence-electron chi connectivity index (χ4n) is 1.31. The molecule has 4 heteroatoms. The SMILES string of the molecule is CC(C)(N)CN1CCOC(=O)C1. The summed E-state index contributed by atoms with van der Waals surface area (Å²) in [6.07, 6.45) is 0. The molecule has 1 aliphatic rings. The van der Waals surface area contributed by atoms with E-state index in [0.29, 0.717) is 13.2 Å². The van der Waals surface area contributed by atoms with Gasteiger partial charge in [-0.05, 0) is 13.8 Å². The van der Waals surface area contributed by atoms with Crippen LogP contribution in [-0.2, 0) is 9.53 Å². The fraction of sp³-hybridized carbons (Fsp3) is 0.875. The molecule has 12 heavy (non-hydrogen) atoms. The highest BCUT2D eigenvalue weighted by atomic mass is 16.5. The lowest BCUT2D eigenvalue weighted by Crippen LogP contribution is -2.50. The highest BCUT2D eigenvalue weighted by Crippen LogP contribution is 2.04. The first-order chi connectivity index (χ1) is 5.47. The van der Waals surface area contributed by atoms with Gasteiger partial charge in [0.25, 0.3) is 0 Å². The molecule has 0 saturated carbocycles. The van der Waals surface area contributed by atoms with Crippen LogP contribution in [0.15, 0.2) is 0 Å². The number of rotatable bonds is 2. The van der Waals surface area contributed by atoms with Crippen molar-refractivity contribution >= 4 is 5.97 Å². The van der Waals surface area contributed by atoms with E-state index in [0.717, 1.165) is 13.1 Å². The average Bonchev–Trinajstić information content (AvgIpc) is 1.82. The smallest absolute Gasteiger partial charge is 0.320 e. The van der Waals surface area contributed by atoms with E-state index in [9.17, 15) is 4.79 Å². The summed E-state index contributed by atoms with van der Waals surface area (Å²) >= 11 is 0. The minimum atomic E-state index is -0.238. The normalized spacial score (nSPS) is 20.8. The van der Waals surface area contributed by atoms with Gasteiger partial charge in [0.1, 0.15) is 6.61 Å². The van der Waals surface area contributed by atoms with Gasteiger partial charge in [0, 0.05) is 18.6 Å². The molecule has 2 N–H and O–H groups in total. The number of carbonyl (C=O) groups excluding carboxylic acids is 1. The Hall–Kier alpha value is -0.610. The molecule has 0 unspecified atom stereocenters. The third kappa shape index (κ3) is 3.19. The monoisotopic (exact) mass is 172 g/mol.